The van der Waals surface area contributed by atoms with Crippen molar-refractivity contribution in [3.8, 4) is 5.75 Å². The standard InChI is InChI=1S/C13H19NO.C4H6O6/c1-10-5-6-11(8-13(10)15-2)12-4-3-7-14-9-12;5-1(3(7)8)2(6)4(9)10/h5-6,8,12,14H,3-4,7,9H2,1-2H3;1-2,5-6H,(H,7,8)(H,9,10). The fourth-order valence-corrected chi connectivity index (χ4v) is 2.50. The highest BCUT2D eigenvalue weighted by molar-refractivity contribution is 5.83. The van der Waals surface area contributed by atoms with Crippen LogP contribution in [0.1, 0.15) is 29.9 Å². The third-order valence-electron chi connectivity index (χ3n) is 4.01. The molecule has 3 unspecified atom stereocenters. The van der Waals surface area contributed by atoms with Crippen LogP contribution in [-0.2, 0) is 9.59 Å². The second-order valence-corrected chi connectivity index (χ2v) is 5.84. The van der Waals surface area contributed by atoms with Crippen molar-refractivity contribution >= 4 is 11.9 Å². The van der Waals surface area contributed by atoms with Crippen molar-refractivity contribution < 1.29 is 34.8 Å². The highest BCUT2D eigenvalue weighted by Gasteiger charge is 2.29. The van der Waals surface area contributed by atoms with Gasteiger partial charge in [-0.25, -0.2) is 9.59 Å². The fraction of sp³-hybridized carbons (Fsp3) is 0.529. The molecule has 8 nitrogen and oxygen atoms in total. The number of aliphatic hydroxyl groups excluding tert-OH is 2. The van der Waals surface area contributed by atoms with Crippen LogP contribution in [-0.4, -0.2) is 64.8 Å². The summed E-state index contributed by atoms with van der Waals surface area (Å²) in [5.74, 6) is -1.86. The van der Waals surface area contributed by atoms with Gasteiger partial charge < -0.3 is 30.5 Å². The van der Waals surface area contributed by atoms with Crippen molar-refractivity contribution in [2.24, 2.45) is 0 Å². The zero-order valence-corrected chi connectivity index (χ0v) is 14.3. The third-order valence-corrected chi connectivity index (χ3v) is 4.01. The SMILES string of the molecule is COc1cc(C2CCCNC2)ccc1C.O=C(O)C(O)C(O)C(=O)O. The number of carboxylic acids is 2. The second kappa shape index (κ2) is 9.97. The number of nitrogens with one attached hydrogen (secondary N) is 1. The first-order valence-electron chi connectivity index (χ1n) is 7.95. The minimum absolute atomic E-state index is 0.660. The van der Waals surface area contributed by atoms with Crippen molar-refractivity contribution in [1.82, 2.24) is 5.32 Å². The molecule has 1 aromatic carbocycles. The lowest BCUT2D eigenvalue weighted by atomic mass is 9.91. The second-order valence-electron chi connectivity index (χ2n) is 5.84. The molecular weight excluding hydrogens is 330 g/mol. The Balaban J connectivity index is 0.000000275. The van der Waals surface area contributed by atoms with Gasteiger partial charge in [-0.3, -0.25) is 0 Å². The number of aliphatic carboxylic acids is 2. The summed E-state index contributed by atoms with van der Waals surface area (Å²) in [6.45, 7) is 4.35. The van der Waals surface area contributed by atoms with Crippen LogP contribution in [0.2, 0.25) is 0 Å². The van der Waals surface area contributed by atoms with Crippen LogP contribution in [0, 0.1) is 6.92 Å². The van der Waals surface area contributed by atoms with Crippen molar-refractivity contribution in [2.45, 2.75) is 37.9 Å². The number of ether oxygens (including phenoxy) is 1. The van der Waals surface area contributed by atoms with E-state index in [-0.39, 0.29) is 0 Å². The number of carbonyl (C=O) groups is 2. The Hall–Kier alpha value is -2.16. The van der Waals surface area contributed by atoms with Gasteiger partial charge in [-0.2, -0.15) is 0 Å². The molecule has 1 aliphatic heterocycles. The quantitative estimate of drug-likeness (QED) is 0.510. The molecule has 0 aromatic heterocycles. The van der Waals surface area contributed by atoms with Gasteiger partial charge in [-0.15, -0.1) is 0 Å². The highest BCUT2D eigenvalue weighted by atomic mass is 16.5. The number of hydrogen-bond donors (Lipinski definition) is 5. The third kappa shape index (κ3) is 6.33. The molecule has 5 N–H and O–H groups in total. The van der Waals surface area contributed by atoms with Crippen LogP contribution in [0.4, 0.5) is 0 Å². The van der Waals surface area contributed by atoms with E-state index in [1.807, 2.05) is 0 Å². The largest absolute Gasteiger partial charge is 0.496 e. The predicted molar refractivity (Wildman–Crippen MR) is 89.9 cm³/mol. The van der Waals surface area contributed by atoms with E-state index in [1.165, 1.54) is 30.5 Å². The normalized spacial score (nSPS) is 19.1. The summed E-state index contributed by atoms with van der Waals surface area (Å²) in [6.07, 6.45) is -1.96. The predicted octanol–water partition coefficient (Wildman–Crippen LogP) is 0.348. The van der Waals surface area contributed by atoms with Crippen LogP contribution in [0.5, 0.6) is 5.75 Å². The molecule has 1 heterocycles. The van der Waals surface area contributed by atoms with Crippen molar-refractivity contribution in [3.05, 3.63) is 29.3 Å². The lowest BCUT2D eigenvalue weighted by molar-refractivity contribution is -0.165. The molecule has 0 spiro atoms. The van der Waals surface area contributed by atoms with Crippen LogP contribution in [0.25, 0.3) is 0 Å². The maximum Gasteiger partial charge on any atom is 0.335 e. The number of piperidine rings is 1. The average molecular weight is 355 g/mol. The Bertz CT molecular complexity index is 566. The van der Waals surface area contributed by atoms with Crippen LogP contribution in [0.3, 0.4) is 0 Å². The Morgan fingerprint density at radius 3 is 2.24 bits per heavy atom. The molecule has 0 aliphatic carbocycles. The van der Waals surface area contributed by atoms with Crippen LogP contribution >= 0.6 is 0 Å². The Morgan fingerprint density at radius 2 is 1.80 bits per heavy atom. The molecule has 0 amide bonds. The minimum atomic E-state index is -2.27. The first kappa shape index (κ1) is 20.9. The minimum Gasteiger partial charge on any atom is -0.496 e. The first-order chi connectivity index (χ1) is 11.8. The summed E-state index contributed by atoms with van der Waals surface area (Å²) < 4.78 is 5.36. The van der Waals surface area contributed by atoms with E-state index in [0.717, 1.165) is 12.3 Å². The summed E-state index contributed by atoms with van der Waals surface area (Å²) in [4.78, 5) is 19.5. The van der Waals surface area contributed by atoms with Gasteiger partial charge in [0.15, 0.2) is 12.2 Å². The van der Waals surface area contributed by atoms with Gasteiger partial charge in [0.2, 0.25) is 0 Å². The van der Waals surface area contributed by atoms with Gasteiger partial charge in [0, 0.05) is 6.54 Å². The molecule has 140 valence electrons. The van der Waals surface area contributed by atoms with Crippen molar-refractivity contribution in [3.63, 3.8) is 0 Å². The molecule has 25 heavy (non-hydrogen) atoms. The van der Waals surface area contributed by atoms with Crippen molar-refractivity contribution in [2.75, 3.05) is 20.2 Å². The van der Waals surface area contributed by atoms with Gasteiger partial charge in [0.25, 0.3) is 0 Å². The number of aryl methyl sites for hydroxylation is 1. The molecule has 1 aliphatic rings. The molecule has 0 bridgehead atoms. The van der Waals surface area contributed by atoms with Crippen LogP contribution in [0.15, 0.2) is 18.2 Å². The molecule has 8 heteroatoms. The number of rotatable bonds is 5. The topological polar surface area (TPSA) is 136 Å². The van der Waals surface area contributed by atoms with E-state index < -0.39 is 24.1 Å². The summed E-state index contributed by atoms with van der Waals surface area (Å²) in [6, 6.07) is 6.57. The van der Waals surface area contributed by atoms with Gasteiger partial charge in [-0.05, 0) is 49.4 Å². The monoisotopic (exact) mass is 355 g/mol. The lowest BCUT2D eigenvalue weighted by Gasteiger charge is -2.23. The van der Waals surface area contributed by atoms with E-state index in [1.54, 1.807) is 7.11 Å². The molecule has 0 saturated carbocycles. The average Bonchev–Trinajstić information content (AvgIpc) is 2.62. The van der Waals surface area contributed by atoms with Crippen molar-refractivity contribution in [1.29, 1.82) is 0 Å². The summed E-state index contributed by atoms with van der Waals surface area (Å²) in [5, 5.41) is 36.0. The van der Waals surface area contributed by atoms with Gasteiger partial charge in [0.1, 0.15) is 5.75 Å². The van der Waals surface area contributed by atoms with E-state index in [0.29, 0.717) is 5.92 Å². The maximum atomic E-state index is 9.77. The zero-order chi connectivity index (χ0) is 19.0. The smallest absolute Gasteiger partial charge is 0.335 e. The molecule has 1 saturated heterocycles. The van der Waals surface area contributed by atoms with Gasteiger partial charge >= 0.3 is 11.9 Å². The Morgan fingerprint density at radius 1 is 1.20 bits per heavy atom. The lowest BCUT2D eigenvalue weighted by Crippen LogP contribution is -2.39. The molecule has 1 aromatic rings. The number of hydrogen-bond acceptors (Lipinski definition) is 6. The fourth-order valence-electron chi connectivity index (χ4n) is 2.50. The molecule has 2 rings (SSSR count). The molecule has 1 fully saturated rings. The van der Waals surface area contributed by atoms with E-state index in [9.17, 15) is 9.59 Å². The van der Waals surface area contributed by atoms with E-state index in [4.69, 9.17) is 25.2 Å². The van der Waals surface area contributed by atoms with E-state index in [2.05, 4.69) is 30.4 Å². The molecular formula is C17H25NO7. The Labute approximate surface area is 146 Å². The molecule has 0 radical (unpaired) electrons. The number of methoxy groups -OCH3 is 1. The Kier molecular flexibility index (Phi) is 8.33. The zero-order valence-electron chi connectivity index (χ0n) is 14.3. The van der Waals surface area contributed by atoms with E-state index >= 15 is 0 Å². The summed E-state index contributed by atoms with van der Waals surface area (Å²) in [7, 11) is 1.74. The summed E-state index contributed by atoms with van der Waals surface area (Å²) >= 11 is 0. The number of carboxylic acid groups (broad SMARTS) is 2. The van der Waals surface area contributed by atoms with Gasteiger partial charge in [0.05, 0.1) is 7.11 Å². The van der Waals surface area contributed by atoms with Gasteiger partial charge in [-0.1, -0.05) is 12.1 Å². The highest BCUT2D eigenvalue weighted by Crippen LogP contribution is 2.28. The number of aliphatic hydroxyl groups is 2. The van der Waals surface area contributed by atoms with Crippen LogP contribution < -0.4 is 10.1 Å². The molecule has 3 atom stereocenters. The number of benzene rings is 1. The maximum absolute atomic E-state index is 9.77. The summed E-state index contributed by atoms with van der Waals surface area (Å²) in [5.41, 5.74) is 2.62. The first-order valence-corrected chi connectivity index (χ1v) is 7.95.